The van der Waals surface area contributed by atoms with Gasteiger partial charge < -0.3 is 5.73 Å². The zero-order valence-electron chi connectivity index (χ0n) is 8.38. The van der Waals surface area contributed by atoms with Crippen molar-refractivity contribution in [2.75, 3.05) is 0 Å². The minimum absolute atomic E-state index is 0.0572. The quantitative estimate of drug-likeness (QED) is 0.832. The third-order valence-electron chi connectivity index (χ3n) is 2.29. The predicted octanol–water partition coefficient (Wildman–Crippen LogP) is 3.98. The first-order valence-electron chi connectivity index (χ1n) is 4.63. The van der Waals surface area contributed by atoms with E-state index in [0.29, 0.717) is 4.88 Å². The monoisotopic (exact) mass is 321 g/mol. The minimum Gasteiger partial charge on any atom is -0.320 e. The fraction of sp³-hybridized carbons (Fsp3) is 0.0909. The molecule has 1 nitrogen and oxygen atoms in total. The maximum absolute atomic E-state index is 13.5. The molecule has 0 amide bonds. The van der Waals surface area contributed by atoms with Crippen LogP contribution in [0.15, 0.2) is 28.1 Å². The highest BCUT2D eigenvalue weighted by Gasteiger charge is 2.20. The molecule has 0 radical (unpaired) electrons. The Balaban J connectivity index is 2.44. The molecule has 0 bridgehead atoms. The van der Waals surface area contributed by atoms with Crippen LogP contribution in [-0.4, -0.2) is 0 Å². The van der Waals surface area contributed by atoms with E-state index in [1.165, 1.54) is 11.3 Å². The zero-order valence-corrected chi connectivity index (χ0v) is 10.8. The highest BCUT2D eigenvalue weighted by molar-refractivity contribution is 9.10. The number of hydrogen-bond donors (Lipinski definition) is 1. The van der Waals surface area contributed by atoms with Crippen molar-refractivity contribution < 1.29 is 13.2 Å². The largest absolute Gasteiger partial charge is 0.320 e. The van der Waals surface area contributed by atoms with Gasteiger partial charge in [-0.15, -0.1) is 11.3 Å². The first kappa shape index (κ1) is 12.6. The second-order valence-electron chi connectivity index (χ2n) is 3.41. The van der Waals surface area contributed by atoms with E-state index in [1.807, 2.05) is 0 Å². The van der Waals surface area contributed by atoms with E-state index in [0.717, 1.165) is 16.6 Å². The summed E-state index contributed by atoms with van der Waals surface area (Å²) in [5.74, 6) is -3.94. The second kappa shape index (κ2) is 4.80. The molecular weight excluding hydrogens is 315 g/mol. The Morgan fingerprint density at radius 2 is 1.88 bits per heavy atom. The van der Waals surface area contributed by atoms with E-state index < -0.39 is 23.5 Å². The Bertz CT molecular complexity index is 556. The van der Waals surface area contributed by atoms with Crippen LogP contribution in [0.2, 0.25) is 0 Å². The van der Waals surface area contributed by atoms with E-state index in [9.17, 15) is 13.2 Å². The van der Waals surface area contributed by atoms with Crippen LogP contribution in [-0.2, 0) is 0 Å². The lowest BCUT2D eigenvalue weighted by Crippen LogP contribution is -2.13. The van der Waals surface area contributed by atoms with Gasteiger partial charge >= 0.3 is 0 Å². The van der Waals surface area contributed by atoms with Crippen molar-refractivity contribution in [3.63, 3.8) is 0 Å². The van der Waals surface area contributed by atoms with Crippen LogP contribution in [0.1, 0.15) is 16.5 Å². The molecule has 1 aromatic carbocycles. The van der Waals surface area contributed by atoms with Crippen molar-refractivity contribution >= 4 is 27.3 Å². The van der Waals surface area contributed by atoms with Crippen LogP contribution in [0.25, 0.3) is 0 Å². The standard InChI is InChI=1S/C11H7BrF3NS/c12-5-3-8(17-4-5)11(16)6-1-2-7(13)10(15)9(6)14/h1-4,11H,16H2. The van der Waals surface area contributed by atoms with E-state index in [4.69, 9.17) is 5.73 Å². The third-order valence-corrected chi connectivity index (χ3v) is 4.07. The van der Waals surface area contributed by atoms with E-state index in [1.54, 1.807) is 11.4 Å². The van der Waals surface area contributed by atoms with Gasteiger partial charge in [-0.05, 0) is 28.1 Å². The first-order valence-corrected chi connectivity index (χ1v) is 6.31. The highest BCUT2D eigenvalue weighted by Crippen LogP contribution is 2.30. The van der Waals surface area contributed by atoms with E-state index in [-0.39, 0.29) is 5.56 Å². The number of rotatable bonds is 2. The average Bonchev–Trinajstić information content (AvgIpc) is 2.72. The normalized spacial score (nSPS) is 12.8. The molecule has 1 atom stereocenters. The van der Waals surface area contributed by atoms with Gasteiger partial charge in [-0.1, -0.05) is 6.07 Å². The van der Waals surface area contributed by atoms with Crippen LogP contribution in [0.3, 0.4) is 0 Å². The number of benzene rings is 1. The third kappa shape index (κ3) is 2.38. The second-order valence-corrected chi connectivity index (χ2v) is 5.27. The number of hydrogen-bond acceptors (Lipinski definition) is 2. The Morgan fingerprint density at radius 3 is 2.47 bits per heavy atom. The van der Waals surface area contributed by atoms with Crippen molar-refractivity contribution in [2.24, 2.45) is 5.73 Å². The lowest BCUT2D eigenvalue weighted by atomic mass is 10.1. The van der Waals surface area contributed by atoms with Crippen molar-refractivity contribution in [3.8, 4) is 0 Å². The molecule has 1 unspecified atom stereocenters. The summed E-state index contributed by atoms with van der Waals surface area (Å²) in [7, 11) is 0. The molecule has 6 heteroatoms. The Hall–Kier alpha value is -0.850. The van der Waals surface area contributed by atoms with E-state index in [2.05, 4.69) is 15.9 Å². The molecule has 0 fully saturated rings. The predicted molar refractivity (Wildman–Crippen MR) is 64.4 cm³/mol. The van der Waals surface area contributed by atoms with E-state index >= 15 is 0 Å². The van der Waals surface area contributed by atoms with Crippen LogP contribution in [0, 0.1) is 17.5 Å². The summed E-state index contributed by atoms with van der Waals surface area (Å²) in [6, 6.07) is 2.94. The molecule has 2 N–H and O–H groups in total. The summed E-state index contributed by atoms with van der Waals surface area (Å²) >= 11 is 4.56. The summed E-state index contributed by atoms with van der Waals surface area (Å²) in [6.45, 7) is 0. The lowest BCUT2D eigenvalue weighted by molar-refractivity contribution is 0.439. The smallest absolute Gasteiger partial charge is 0.194 e. The van der Waals surface area contributed by atoms with Gasteiger partial charge in [0.25, 0.3) is 0 Å². The van der Waals surface area contributed by atoms with Gasteiger partial charge in [-0.2, -0.15) is 0 Å². The summed E-state index contributed by atoms with van der Waals surface area (Å²) in [5.41, 5.74) is 5.75. The van der Waals surface area contributed by atoms with Gasteiger partial charge in [0, 0.05) is 20.3 Å². The van der Waals surface area contributed by atoms with Crippen LogP contribution >= 0.6 is 27.3 Å². The molecule has 0 aliphatic rings. The summed E-state index contributed by atoms with van der Waals surface area (Å²) in [4.78, 5) is 0.668. The molecule has 0 aliphatic heterocycles. The molecule has 90 valence electrons. The summed E-state index contributed by atoms with van der Waals surface area (Å²) in [5, 5.41) is 1.78. The van der Waals surface area contributed by atoms with Crippen LogP contribution in [0.4, 0.5) is 13.2 Å². The van der Waals surface area contributed by atoms with Gasteiger partial charge in [0.1, 0.15) is 0 Å². The van der Waals surface area contributed by atoms with Gasteiger partial charge in [-0.3, -0.25) is 0 Å². The molecule has 17 heavy (non-hydrogen) atoms. The summed E-state index contributed by atoms with van der Waals surface area (Å²) in [6.07, 6.45) is 0. The molecule has 0 spiro atoms. The molecule has 0 aliphatic carbocycles. The maximum atomic E-state index is 13.5. The minimum atomic E-state index is -1.49. The first-order chi connectivity index (χ1) is 8.00. The van der Waals surface area contributed by atoms with Crippen molar-refractivity contribution in [1.29, 1.82) is 0 Å². The molecule has 1 aromatic heterocycles. The van der Waals surface area contributed by atoms with Gasteiger partial charge in [0.15, 0.2) is 17.5 Å². The fourth-order valence-electron chi connectivity index (χ4n) is 1.43. The van der Waals surface area contributed by atoms with Crippen LogP contribution < -0.4 is 5.73 Å². The van der Waals surface area contributed by atoms with Crippen molar-refractivity contribution in [1.82, 2.24) is 0 Å². The number of nitrogens with two attached hydrogens (primary N) is 1. The van der Waals surface area contributed by atoms with Crippen molar-refractivity contribution in [2.45, 2.75) is 6.04 Å². The Kier molecular flexibility index (Phi) is 3.56. The number of halogens is 4. The molecule has 0 saturated carbocycles. The lowest BCUT2D eigenvalue weighted by Gasteiger charge is -2.11. The fourth-order valence-corrected chi connectivity index (χ4v) is 2.89. The van der Waals surface area contributed by atoms with Crippen LogP contribution in [0.5, 0.6) is 0 Å². The SMILES string of the molecule is NC(c1cc(Br)cs1)c1ccc(F)c(F)c1F. The Labute approximate surface area is 108 Å². The Morgan fingerprint density at radius 1 is 1.18 bits per heavy atom. The van der Waals surface area contributed by atoms with Gasteiger partial charge in [0.05, 0.1) is 6.04 Å². The highest BCUT2D eigenvalue weighted by atomic mass is 79.9. The molecular formula is C11H7BrF3NS. The molecule has 2 rings (SSSR count). The van der Waals surface area contributed by atoms with Gasteiger partial charge in [0.2, 0.25) is 0 Å². The van der Waals surface area contributed by atoms with Crippen molar-refractivity contribution in [3.05, 3.63) is 55.9 Å². The molecule has 0 saturated heterocycles. The average molecular weight is 322 g/mol. The number of thiophene rings is 1. The van der Waals surface area contributed by atoms with Gasteiger partial charge in [-0.25, -0.2) is 13.2 Å². The summed E-state index contributed by atoms with van der Waals surface area (Å²) < 4.78 is 40.1. The maximum Gasteiger partial charge on any atom is 0.194 e. The molecule has 2 aromatic rings. The zero-order chi connectivity index (χ0) is 12.6. The topological polar surface area (TPSA) is 26.0 Å². The molecule has 1 heterocycles.